The predicted octanol–water partition coefficient (Wildman–Crippen LogP) is 8.31. The predicted molar refractivity (Wildman–Crippen MR) is 169 cm³/mol. The quantitative estimate of drug-likeness (QED) is 0.236. The maximum Gasteiger partial charge on any atom is 0.394 e. The van der Waals surface area contributed by atoms with Gasteiger partial charge in [0.25, 0.3) is 0 Å². The molecule has 3 rings (SSSR count). The van der Waals surface area contributed by atoms with Gasteiger partial charge >= 0.3 is 10.4 Å². The maximum absolute atomic E-state index is 10.0. The van der Waals surface area contributed by atoms with Crippen LogP contribution < -0.4 is 0 Å². The van der Waals surface area contributed by atoms with Crippen molar-refractivity contribution in [1.29, 1.82) is 0 Å². The molecule has 5 atom stereocenters. The molecule has 0 aromatic heterocycles. The third-order valence-electron chi connectivity index (χ3n) is 9.69. The lowest BCUT2D eigenvalue weighted by atomic mass is 9.60. The molecule has 7 heteroatoms. The van der Waals surface area contributed by atoms with E-state index in [0.717, 1.165) is 42.9 Å². The minimum absolute atomic E-state index is 0.172. The molecule has 0 amide bonds. The molecule has 3 saturated carbocycles. The van der Waals surface area contributed by atoms with E-state index in [4.69, 9.17) is 17.5 Å². The summed E-state index contributed by atoms with van der Waals surface area (Å²) < 4.78 is 31.6. The van der Waals surface area contributed by atoms with Crippen molar-refractivity contribution in [1.82, 2.24) is 4.90 Å². The Bertz CT molecular complexity index is 908. The molecule has 3 aliphatic rings. The van der Waals surface area contributed by atoms with Gasteiger partial charge in [0.1, 0.15) is 0 Å². The van der Waals surface area contributed by atoms with Crippen LogP contribution in [0, 0.1) is 29.1 Å². The van der Waals surface area contributed by atoms with Crippen LogP contribution in [0.4, 0.5) is 0 Å². The Balaban J connectivity index is 0.000000559. The molecule has 0 aromatic carbocycles. The zero-order valence-electron chi connectivity index (χ0n) is 26.7. The minimum Gasteiger partial charge on any atom is -0.393 e. The maximum atomic E-state index is 10.0. The van der Waals surface area contributed by atoms with E-state index in [9.17, 15) is 5.11 Å². The lowest BCUT2D eigenvalue weighted by Crippen LogP contribution is -2.36. The van der Waals surface area contributed by atoms with Crippen molar-refractivity contribution in [3.8, 4) is 0 Å². The van der Waals surface area contributed by atoms with Gasteiger partial charge in [-0.25, -0.2) is 0 Å². The molecular formula is C33H61NO5S. The molecule has 0 radical (unpaired) electrons. The molecule has 0 aliphatic heterocycles. The van der Waals surface area contributed by atoms with Crippen LogP contribution in [-0.4, -0.2) is 53.3 Å². The molecule has 0 bridgehead atoms. The van der Waals surface area contributed by atoms with E-state index in [1.54, 1.807) is 5.57 Å². The first-order chi connectivity index (χ1) is 18.7. The fourth-order valence-corrected chi connectivity index (χ4v) is 7.33. The van der Waals surface area contributed by atoms with Crippen molar-refractivity contribution in [3.05, 3.63) is 35.5 Å². The molecule has 0 aromatic rings. The van der Waals surface area contributed by atoms with Gasteiger partial charge in [0.05, 0.1) is 6.10 Å². The number of allylic oxidation sites excluding steroid dienone is 4. The van der Waals surface area contributed by atoms with Gasteiger partial charge < -0.3 is 10.0 Å². The fraction of sp³-hybridized carbons (Fsp3) is 0.818. The van der Waals surface area contributed by atoms with Crippen molar-refractivity contribution in [3.63, 3.8) is 0 Å². The van der Waals surface area contributed by atoms with Gasteiger partial charge in [0, 0.05) is 0 Å². The van der Waals surface area contributed by atoms with E-state index in [1.807, 2.05) is 0 Å². The highest BCUT2D eigenvalue weighted by Crippen LogP contribution is 2.60. The number of aliphatic hydroxyl groups excluding tert-OH is 1. The van der Waals surface area contributed by atoms with Crippen molar-refractivity contribution in [2.45, 2.75) is 125 Å². The van der Waals surface area contributed by atoms with Gasteiger partial charge in [-0.05, 0) is 106 Å². The van der Waals surface area contributed by atoms with E-state index in [1.165, 1.54) is 82.1 Å². The Kier molecular flexibility index (Phi) is 16.5. The smallest absolute Gasteiger partial charge is 0.393 e. The van der Waals surface area contributed by atoms with Crippen molar-refractivity contribution in [2.75, 3.05) is 19.6 Å². The molecule has 3 fully saturated rings. The van der Waals surface area contributed by atoms with Crippen LogP contribution >= 0.6 is 0 Å². The van der Waals surface area contributed by atoms with Crippen LogP contribution in [0.5, 0.6) is 0 Å². The minimum atomic E-state index is -4.67. The second-order valence-electron chi connectivity index (χ2n) is 12.9. The highest BCUT2D eigenvalue weighted by molar-refractivity contribution is 7.79. The number of hydrogen-bond donors (Lipinski definition) is 3. The van der Waals surface area contributed by atoms with E-state index in [0.29, 0.717) is 5.41 Å². The standard InChI is InChI=1S/C27H44O.C6H15N.H2O4S/c1-19(2)8-6-9-21(4)25-15-16-26-22(10-7-17-27(25,26)5)12-13-23-18-24(28)14-11-20(23)3;1-4-7(5-2)6-3;1-5(2,3)4/h12-13,19,21,24-26,28H,3,6-11,14-18H2,1-2,4-5H3;4-6H2,1-3H3;(H2,1,2,3,4)/b22-12+,23-13-;;/t21-,24+,25-,26?,27-;;/m1../s1. The first-order valence-electron chi connectivity index (χ1n) is 15.8. The summed E-state index contributed by atoms with van der Waals surface area (Å²) >= 11 is 0. The van der Waals surface area contributed by atoms with Gasteiger partial charge in [-0.3, -0.25) is 9.11 Å². The first-order valence-corrected chi connectivity index (χ1v) is 17.2. The first kappa shape index (κ1) is 37.0. The van der Waals surface area contributed by atoms with E-state index in [2.05, 4.69) is 72.1 Å². The third kappa shape index (κ3) is 12.9. The summed E-state index contributed by atoms with van der Waals surface area (Å²) in [6.07, 6.45) is 18.2. The molecular weight excluding hydrogens is 522 g/mol. The van der Waals surface area contributed by atoms with Crippen LogP contribution in [-0.2, 0) is 10.4 Å². The Labute approximate surface area is 247 Å². The summed E-state index contributed by atoms with van der Waals surface area (Å²) in [5, 5.41) is 10.0. The normalized spacial score (nSPS) is 29.6. The van der Waals surface area contributed by atoms with E-state index in [-0.39, 0.29) is 6.10 Å². The van der Waals surface area contributed by atoms with Crippen molar-refractivity contribution < 1.29 is 22.6 Å². The molecule has 3 aliphatic carbocycles. The molecule has 0 spiro atoms. The topological polar surface area (TPSA) is 98.1 Å². The average Bonchev–Trinajstić information content (AvgIpc) is 3.22. The SMILES string of the molecule is C=C1CC[C@H](O)C/C1=C/C=C1\CCC[C@@]2(C)C1CC[C@@H]2[C@H](C)CCCC(C)C.CCN(CC)CC.O=S(=O)(O)O. The van der Waals surface area contributed by atoms with Gasteiger partial charge in [0.2, 0.25) is 0 Å². The number of nitrogens with zero attached hydrogens (tertiary/aromatic N) is 1. The fourth-order valence-electron chi connectivity index (χ4n) is 7.33. The molecule has 0 saturated heterocycles. The molecule has 1 unspecified atom stereocenters. The summed E-state index contributed by atoms with van der Waals surface area (Å²) in [5.41, 5.74) is 4.72. The highest BCUT2D eigenvalue weighted by Gasteiger charge is 2.50. The summed E-state index contributed by atoms with van der Waals surface area (Å²) in [7, 11) is -4.67. The summed E-state index contributed by atoms with van der Waals surface area (Å²) in [6, 6.07) is 0. The molecule has 6 nitrogen and oxygen atoms in total. The van der Waals surface area contributed by atoms with Crippen LogP contribution in [0.1, 0.15) is 119 Å². The van der Waals surface area contributed by atoms with Gasteiger partial charge in [-0.15, -0.1) is 0 Å². The van der Waals surface area contributed by atoms with Crippen LogP contribution in [0.3, 0.4) is 0 Å². The summed E-state index contributed by atoms with van der Waals surface area (Å²) in [5.74, 6) is 3.37. The van der Waals surface area contributed by atoms with Crippen molar-refractivity contribution in [2.24, 2.45) is 29.1 Å². The summed E-state index contributed by atoms with van der Waals surface area (Å²) in [6.45, 7) is 24.2. The zero-order valence-corrected chi connectivity index (χ0v) is 27.5. The monoisotopic (exact) mass is 583 g/mol. The lowest BCUT2D eigenvalue weighted by Gasteiger charge is -2.44. The van der Waals surface area contributed by atoms with Crippen LogP contribution in [0.15, 0.2) is 35.5 Å². The van der Waals surface area contributed by atoms with Gasteiger partial charge in [-0.2, -0.15) is 8.42 Å². The number of hydrogen-bond acceptors (Lipinski definition) is 4. The van der Waals surface area contributed by atoms with Crippen LogP contribution in [0.2, 0.25) is 0 Å². The molecule has 3 N–H and O–H groups in total. The number of aliphatic hydroxyl groups is 1. The Hall–Kier alpha value is -0.990. The molecule has 40 heavy (non-hydrogen) atoms. The molecule has 234 valence electrons. The van der Waals surface area contributed by atoms with E-state index >= 15 is 0 Å². The van der Waals surface area contributed by atoms with Gasteiger partial charge in [-0.1, -0.05) is 97.6 Å². The Morgan fingerprint density at radius 2 is 1.60 bits per heavy atom. The third-order valence-corrected chi connectivity index (χ3v) is 9.69. The van der Waals surface area contributed by atoms with Crippen molar-refractivity contribution >= 4 is 10.4 Å². The molecule has 0 heterocycles. The zero-order chi connectivity index (χ0) is 30.5. The van der Waals surface area contributed by atoms with Gasteiger partial charge in [0.15, 0.2) is 0 Å². The second kappa shape index (κ2) is 17.8. The van der Waals surface area contributed by atoms with E-state index < -0.39 is 10.4 Å². The lowest BCUT2D eigenvalue weighted by molar-refractivity contribution is 0.0928. The highest BCUT2D eigenvalue weighted by atomic mass is 32.3. The van der Waals surface area contributed by atoms with Crippen LogP contribution in [0.25, 0.3) is 0 Å². The Morgan fingerprint density at radius 1 is 1.00 bits per heavy atom. The second-order valence-corrected chi connectivity index (χ2v) is 13.8. The number of rotatable bonds is 9. The summed E-state index contributed by atoms with van der Waals surface area (Å²) in [4.78, 5) is 2.38. The largest absolute Gasteiger partial charge is 0.394 e. The Morgan fingerprint density at radius 3 is 2.12 bits per heavy atom. The number of fused-ring (bicyclic) bond motifs is 1. The average molecular weight is 584 g/mol.